The van der Waals surface area contributed by atoms with Gasteiger partial charge >= 0.3 is 0 Å². The maximum atomic E-state index is 11.8. The molecule has 1 atom stereocenters. The molecule has 0 saturated carbocycles. The van der Waals surface area contributed by atoms with E-state index in [0.717, 1.165) is 0 Å². The quantitative estimate of drug-likeness (QED) is 0.589. The molecule has 0 N–H and O–H groups in total. The van der Waals surface area contributed by atoms with E-state index in [0.29, 0.717) is 24.5 Å². The monoisotopic (exact) mass is 202 g/mol. The summed E-state index contributed by atoms with van der Waals surface area (Å²) in [5, 5.41) is 0. The summed E-state index contributed by atoms with van der Waals surface area (Å²) in [4.78, 5) is 11.8. The fraction of sp³-hybridized carbons (Fsp3) is 0.500. The molecule has 0 fully saturated rings. The van der Waals surface area contributed by atoms with E-state index in [9.17, 15) is 4.79 Å². The Hall–Kier alpha value is -1.11. The minimum atomic E-state index is -0.00155. The van der Waals surface area contributed by atoms with Crippen molar-refractivity contribution in [2.24, 2.45) is 0 Å². The van der Waals surface area contributed by atoms with Crippen LogP contribution in [-0.4, -0.2) is 5.78 Å². The van der Waals surface area contributed by atoms with E-state index in [2.05, 4.69) is 45.0 Å². The molecule has 15 heavy (non-hydrogen) atoms. The van der Waals surface area contributed by atoms with Gasteiger partial charge in [-0.05, 0) is 22.5 Å². The summed E-state index contributed by atoms with van der Waals surface area (Å²) in [6.07, 6.45) is 1.37. The van der Waals surface area contributed by atoms with Gasteiger partial charge < -0.3 is 0 Å². The minimum absolute atomic E-state index is 0.00155. The van der Waals surface area contributed by atoms with Gasteiger partial charge in [0.25, 0.3) is 0 Å². The Morgan fingerprint density at radius 1 is 1.27 bits per heavy atom. The molecule has 2 rings (SSSR count). The molecule has 0 spiro atoms. The van der Waals surface area contributed by atoms with Gasteiger partial charge in [-0.25, -0.2) is 0 Å². The van der Waals surface area contributed by atoms with Gasteiger partial charge in [0, 0.05) is 12.8 Å². The van der Waals surface area contributed by atoms with Crippen LogP contribution in [-0.2, 0) is 10.2 Å². The summed E-state index contributed by atoms with van der Waals surface area (Å²) >= 11 is 0. The van der Waals surface area contributed by atoms with Gasteiger partial charge in [-0.3, -0.25) is 4.79 Å². The molecule has 0 aromatic heterocycles. The summed E-state index contributed by atoms with van der Waals surface area (Å²) in [7, 11) is 0. The first-order valence-electron chi connectivity index (χ1n) is 5.62. The standard InChI is InChI=1S/C14H18O/c1-10-8-11(15)9-14(2,3)13-7-5-4-6-12(10)13/h4-7,10H,8-9H2,1-3H3. The maximum Gasteiger partial charge on any atom is 0.134 e. The molecule has 80 valence electrons. The summed E-state index contributed by atoms with van der Waals surface area (Å²) in [6.45, 7) is 6.49. The molecular formula is C14H18O. The Morgan fingerprint density at radius 3 is 2.67 bits per heavy atom. The average molecular weight is 202 g/mol. The van der Waals surface area contributed by atoms with Crippen LogP contribution in [0.1, 0.15) is 50.7 Å². The van der Waals surface area contributed by atoms with Crippen molar-refractivity contribution in [3.05, 3.63) is 35.4 Å². The third-order valence-electron chi connectivity index (χ3n) is 3.39. The Kier molecular flexibility index (Phi) is 2.41. The lowest BCUT2D eigenvalue weighted by molar-refractivity contribution is -0.120. The highest BCUT2D eigenvalue weighted by Gasteiger charge is 2.31. The number of benzene rings is 1. The lowest BCUT2D eigenvalue weighted by Crippen LogP contribution is -2.20. The van der Waals surface area contributed by atoms with Crippen molar-refractivity contribution in [3.63, 3.8) is 0 Å². The third-order valence-corrected chi connectivity index (χ3v) is 3.39. The Morgan fingerprint density at radius 2 is 1.93 bits per heavy atom. The largest absolute Gasteiger partial charge is 0.300 e. The molecule has 1 nitrogen and oxygen atoms in total. The highest BCUT2D eigenvalue weighted by atomic mass is 16.1. The SMILES string of the molecule is CC1CC(=O)CC(C)(C)c2ccccc21. The Bertz CT molecular complexity index is 390. The van der Waals surface area contributed by atoms with Crippen LogP contribution < -0.4 is 0 Å². The van der Waals surface area contributed by atoms with Crippen molar-refractivity contribution >= 4 is 5.78 Å². The number of ketones is 1. The van der Waals surface area contributed by atoms with E-state index in [-0.39, 0.29) is 5.41 Å². The predicted octanol–water partition coefficient (Wildman–Crippen LogP) is 3.43. The first-order valence-corrected chi connectivity index (χ1v) is 5.62. The fourth-order valence-corrected chi connectivity index (χ4v) is 2.65. The normalized spacial score (nSPS) is 24.5. The van der Waals surface area contributed by atoms with Crippen molar-refractivity contribution in [2.75, 3.05) is 0 Å². The molecular weight excluding hydrogens is 184 g/mol. The van der Waals surface area contributed by atoms with Crippen molar-refractivity contribution in [2.45, 2.75) is 44.9 Å². The molecule has 0 aliphatic heterocycles. The van der Waals surface area contributed by atoms with Gasteiger partial charge in [-0.2, -0.15) is 0 Å². The molecule has 1 aromatic rings. The number of hydrogen-bond donors (Lipinski definition) is 0. The van der Waals surface area contributed by atoms with Crippen LogP contribution in [0, 0.1) is 0 Å². The average Bonchev–Trinajstić information content (AvgIpc) is 2.23. The van der Waals surface area contributed by atoms with E-state index in [4.69, 9.17) is 0 Å². The molecule has 0 bridgehead atoms. The van der Waals surface area contributed by atoms with E-state index in [1.165, 1.54) is 11.1 Å². The van der Waals surface area contributed by atoms with Crippen LogP contribution in [0.3, 0.4) is 0 Å². The summed E-state index contributed by atoms with van der Waals surface area (Å²) in [5.41, 5.74) is 2.70. The van der Waals surface area contributed by atoms with Gasteiger partial charge in [0.2, 0.25) is 0 Å². The van der Waals surface area contributed by atoms with Gasteiger partial charge in [0.05, 0.1) is 0 Å². The van der Waals surface area contributed by atoms with Crippen LogP contribution in [0.4, 0.5) is 0 Å². The number of fused-ring (bicyclic) bond motifs is 1. The van der Waals surface area contributed by atoms with E-state index in [1.807, 2.05) is 0 Å². The zero-order valence-electron chi connectivity index (χ0n) is 9.71. The highest BCUT2D eigenvalue weighted by molar-refractivity contribution is 5.81. The molecule has 1 aromatic carbocycles. The van der Waals surface area contributed by atoms with Gasteiger partial charge in [-0.1, -0.05) is 45.0 Å². The second-order valence-electron chi connectivity index (χ2n) is 5.29. The van der Waals surface area contributed by atoms with Crippen LogP contribution in [0.5, 0.6) is 0 Å². The molecule has 0 saturated heterocycles. The van der Waals surface area contributed by atoms with Crippen molar-refractivity contribution in [3.8, 4) is 0 Å². The molecule has 1 heteroatoms. The molecule has 0 heterocycles. The fourth-order valence-electron chi connectivity index (χ4n) is 2.65. The summed E-state index contributed by atoms with van der Waals surface area (Å²) < 4.78 is 0. The maximum absolute atomic E-state index is 11.8. The second-order valence-corrected chi connectivity index (χ2v) is 5.29. The number of carbonyl (C=O) groups excluding carboxylic acids is 1. The van der Waals surface area contributed by atoms with Crippen LogP contribution >= 0.6 is 0 Å². The van der Waals surface area contributed by atoms with E-state index in [1.54, 1.807) is 0 Å². The highest BCUT2D eigenvalue weighted by Crippen LogP contribution is 2.38. The van der Waals surface area contributed by atoms with Crippen LogP contribution in [0.2, 0.25) is 0 Å². The van der Waals surface area contributed by atoms with Gasteiger partial charge in [-0.15, -0.1) is 0 Å². The van der Waals surface area contributed by atoms with Gasteiger partial charge in [0.1, 0.15) is 5.78 Å². The van der Waals surface area contributed by atoms with Gasteiger partial charge in [0.15, 0.2) is 0 Å². The number of hydrogen-bond acceptors (Lipinski definition) is 1. The zero-order valence-corrected chi connectivity index (χ0v) is 9.71. The van der Waals surface area contributed by atoms with Crippen molar-refractivity contribution in [1.82, 2.24) is 0 Å². The van der Waals surface area contributed by atoms with Crippen LogP contribution in [0.25, 0.3) is 0 Å². The first kappa shape index (κ1) is 10.4. The smallest absolute Gasteiger partial charge is 0.134 e. The molecule has 1 aliphatic rings. The topological polar surface area (TPSA) is 17.1 Å². The van der Waals surface area contributed by atoms with Crippen molar-refractivity contribution in [1.29, 1.82) is 0 Å². The minimum Gasteiger partial charge on any atom is -0.300 e. The van der Waals surface area contributed by atoms with Crippen molar-refractivity contribution < 1.29 is 4.79 Å². The third kappa shape index (κ3) is 1.83. The second kappa shape index (κ2) is 3.48. The number of carbonyl (C=O) groups is 1. The number of Topliss-reactive ketones (excluding diaryl/α,β-unsaturated/α-hetero) is 1. The van der Waals surface area contributed by atoms with Crippen LogP contribution in [0.15, 0.2) is 24.3 Å². The van der Waals surface area contributed by atoms with E-state index >= 15 is 0 Å². The zero-order chi connectivity index (χ0) is 11.1. The molecule has 0 radical (unpaired) electrons. The Balaban J connectivity index is 2.57. The molecule has 0 amide bonds. The molecule has 1 unspecified atom stereocenters. The predicted molar refractivity (Wildman–Crippen MR) is 62.1 cm³/mol. The molecule has 1 aliphatic carbocycles. The van der Waals surface area contributed by atoms with E-state index < -0.39 is 0 Å². The first-order chi connectivity index (χ1) is 7.00. The summed E-state index contributed by atoms with van der Waals surface area (Å²) in [5.74, 6) is 0.763. The lowest BCUT2D eigenvalue weighted by atomic mass is 9.79. The Labute approximate surface area is 91.5 Å². The lowest BCUT2D eigenvalue weighted by Gasteiger charge is -2.25. The number of rotatable bonds is 0. The summed E-state index contributed by atoms with van der Waals surface area (Å²) in [6, 6.07) is 8.48.